The lowest BCUT2D eigenvalue weighted by atomic mass is 10.2. The van der Waals surface area contributed by atoms with Gasteiger partial charge in [0.15, 0.2) is 5.13 Å². The van der Waals surface area contributed by atoms with Gasteiger partial charge in [0.25, 0.3) is 15.9 Å². The molecule has 32 heavy (non-hydrogen) atoms. The fraction of sp³-hybridized carbons (Fsp3) is 0.263. The van der Waals surface area contributed by atoms with Crippen LogP contribution in [0.2, 0.25) is 10.2 Å². The van der Waals surface area contributed by atoms with E-state index in [1.807, 2.05) is 0 Å². The molecule has 0 atom stereocenters. The number of rotatable bonds is 7. The molecule has 0 aliphatic carbocycles. The molecule has 1 aromatic carbocycles. The Bertz CT molecular complexity index is 1290. The molecule has 0 fully saturated rings. The van der Waals surface area contributed by atoms with E-state index in [4.69, 9.17) is 23.2 Å². The molecule has 3 aromatic rings. The predicted octanol–water partition coefficient (Wildman–Crippen LogP) is 3.52. The summed E-state index contributed by atoms with van der Waals surface area (Å²) < 4.78 is 28.1. The van der Waals surface area contributed by atoms with Gasteiger partial charge < -0.3 is 0 Å². The van der Waals surface area contributed by atoms with Crippen molar-refractivity contribution in [3.05, 3.63) is 56.8 Å². The van der Waals surface area contributed by atoms with Crippen molar-refractivity contribution < 1.29 is 18.0 Å². The number of benzene rings is 1. The Morgan fingerprint density at radius 1 is 1.28 bits per heavy atom. The first-order valence-corrected chi connectivity index (χ1v) is 12.4. The molecule has 3 rings (SSSR count). The Morgan fingerprint density at radius 2 is 2.00 bits per heavy atom. The predicted molar refractivity (Wildman–Crippen MR) is 123 cm³/mol. The zero-order chi connectivity index (χ0) is 23.6. The Balaban J connectivity index is 1.75. The molecule has 9 nitrogen and oxygen atoms in total. The van der Waals surface area contributed by atoms with E-state index in [-0.39, 0.29) is 33.8 Å². The second-order valence-electron chi connectivity index (χ2n) is 6.68. The van der Waals surface area contributed by atoms with Gasteiger partial charge in [0.1, 0.15) is 10.0 Å². The summed E-state index contributed by atoms with van der Waals surface area (Å²) in [5.74, 6) is -1.08. The van der Waals surface area contributed by atoms with E-state index in [9.17, 15) is 18.0 Å². The average molecular weight is 516 g/mol. The average Bonchev–Trinajstić information content (AvgIpc) is 3.25. The Labute approximate surface area is 199 Å². The zero-order valence-corrected chi connectivity index (χ0v) is 20.4. The van der Waals surface area contributed by atoms with E-state index in [1.54, 1.807) is 30.5 Å². The van der Waals surface area contributed by atoms with Gasteiger partial charge in [-0.05, 0) is 32.0 Å². The van der Waals surface area contributed by atoms with Crippen LogP contribution in [0.4, 0.5) is 5.13 Å². The van der Waals surface area contributed by atoms with Gasteiger partial charge in [0, 0.05) is 29.6 Å². The first-order chi connectivity index (χ1) is 15.0. The molecule has 0 spiro atoms. The largest absolute Gasteiger partial charge is 0.298 e. The van der Waals surface area contributed by atoms with Gasteiger partial charge in [-0.1, -0.05) is 29.3 Å². The van der Waals surface area contributed by atoms with Crippen molar-refractivity contribution in [3.8, 4) is 0 Å². The van der Waals surface area contributed by atoms with Crippen LogP contribution in [0.3, 0.4) is 0 Å². The topological polar surface area (TPSA) is 114 Å². The van der Waals surface area contributed by atoms with Crippen molar-refractivity contribution >= 4 is 61.5 Å². The van der Waals surface area contributed by atoms with E-state index < -0.39 is 21.8 Å². The van der Waals surface area contributed by atoms with Gasteiger partial charge in [-0.15, -0.1) is 11.3 Å². The number of hydrogen-bond acceptors (Lipinski definition) is 7. The lowest BCUT2D eigenvalue weighted by Crippen LogP contribution is -2.38. The molecule has 1 N–H and O–H groups in total. The number of nitrogens with zero attached hydrogens (tertiary/aromatic N) is 4. The molecule has 2 amide bonds. The lowest BCUT2D eigenvalue weighted by Gasteiger charge is -2.20. The maximum absolute atomic E-state index is 13.1. The minimum atomic E-state index is -4.20. The number of thiazole rings is 1. The number of amides is 2. The van der Waals surface area contributed by atoms with E-state index in [2.05, 4.69) is 15.4 Å². The van der Waals surface area contributed by atoms with Crippen LogP contribution >= 0.6 is 34.5 Å². The molecule has 2 aromatic heterocycles. The molecule has 0 unspecified atom stereocenters. The molecule has 0 aliphatic rings. The number of aromatic nitrogens is 3. The van der Waals surface area contributed by atoms with Crippen molar-refractivity contribution in [2.45, 2.75) is 25.2 Å². The van der Waals surface area contributed by atoms with Crippen LogP contribution in [0.25, 0.3) is 0 Å². The van der Waals surface area contributed by atoms with Crippen molar-refractivity contribution in [2.75, 3.05) is 11.9 Å². The second kappa shape index (κ2) is 9.57. The molecule has 0 saturated heterocycles. The molecular formula is C19H19Cl2N5O4S2. The van der Waals surface area contributed by atoms with E-state index in [1.165, 1.54) is 24.7 Å². The molecule has 0 saturated carbocycles. The van der Waals surface area contributed by atoms with Crippen LogP contribution in [0, 0.1) is 6.92 Å². The fourth-order valence-corrected chi connectivity index (χ4v) is 6.00. The van der Waals surface area contributed by atoms with Crippen LogP contribution in [0.15, 0.2) is 34.5 Å². The minimum absolute atomic E-state index is 0.0755. The standard InChI is InChI=1S/C19H19Cl2N5O4S2/c1-4-26(32(29,30)16-11(2)24-25(3)17(16)21)15(27)9-14-10-31-19(22-14)23-18(28)12-6-5-7-13(20)8-12/h5-8,10H,4,9H2,1-3H3,(H,22,23,28). The number of likely N-dealkylation sites (N-methyl/N-ethyl adjacent to an activating group) is 1. The molecule has 170 valence electrons. The molecule has 0 bridgehead atoms. The minimum Gasteiger partial charge on any atom is -0.298 e. The number of hydrogen-bond donors (Lipinski definition) is 1. The van der Waals surface area contributed by atoms with E-state index in [0.717, 1.165) is 15.6 Å². The third-order valence-electron chi connectivity index (χ3n) is 4.40. The summed E-state index contributed by atoms with van der Waals surface area (Å²) in [4.78, 5) is 29.2. The van der Waals surface area contributed by atoms with Crippen molar-refractivity contribution in [3.63, 3.8) is 0 Å². The maximum Gasteiger partial charge on any atom is 0.271 e. The van der Waals surface area contributed by atoms with Crippen LogP contribution < -0.4 is 5.32 Å². The highest BCUT2D eigenvalue weighted by atomic mass is 35.5. The number of sulfonamides is 1. The normalized spacial score (nSPS) is 11.4. The van der Waals surface area contributed by atoms with Crippen molar-refractivity contribution in [1.29, 1.82) is 0 Å². The fourth-order valence-electron chi connectivity index (χ4n) is 2.98. The Hall–Kier alpha value is -2.47. The quantitative estimate of drug-likeness (QED) is 0.514. The van der Waals surface area contributed by atoms with Gasteiger partial charge in [-0.2, -0.15) is 5.10 Å². The smallest absolute Gasteiger partial charge is 0.271 e. The number of carbonyl (C=O) groups is 2. The summed E-state index contributed by atoms with van der Waals surface area (Å²) in [6.07, 6.45) is -0.270. The zero-order valence-electron chi connectivity index (χ0n) is 17.3. The van der Waals surface area contributed by atoms with Crippen LogP contribution in [-0.4, -0.2) is 45.8 Å². The number of halogens is 2. The Morgan fingerprint density at radius 3 is 2.59 bits per heavy atom. The summed E-state index contributed by atoms with van der Waals surface area (Å²) >= 11 is 13.1. The van der Waals surface area contributed by atoms with Gasteiger partial charge in [-0.3, -0.25) is 19.6 Å². The molecule has 0 radical (unpaired) electrons. The number of anilines is 1. The van der Waals surface area contributed by atoms with Crippen LogP contribution in [0.1, 0.15) is 28.7 Å². The third-order valence-corrected chi connectivity index (χ3v) is 8.04. The summed E-state index contributed by atoms with van der Waals surface area (Å²) in [6, 6.07) is 6.43. The SMILES string of the molecule is CCN(C(=O)Cc1csc(NC(=O)c2cccc(Cl)c2)n1)S(=O)(=O)c1c(C)nn(C)c1Cl. The van der Waals surface area contributed by atoms with Crippen molar-refractivity contribution in [1.82, 2.24) is 19.1 Å². The summed E-state index contributed by atoms with van der Waals surface area (Å²) in [6.45, 7) is 2.97. The number of aryl methyl sites for hydroxylation is 2. The number of nitrogens with one attached hydrogen (secondary N) is 1. The second-order valence-corrected chi connectivity index (χ2v) is 10.1. The Kier molecular flexibility index (Phi) is 7.23. The first-order valence-electron chi connectivity index (χ1n) is 9.30. The van der Waals surface area contributed by atoms with Gasteiger partial charge in [0.05, 0.1) is 17.8 Å². The molecular weight excluding hydrogens is 497 g/mol. The summed E-state index contributed by atoms with van der Waals surface area (Å²) in [7, 11) is -2.69. The summed E-state index contributed by atoms with van der Waals surface area (Å²) in [5.41, 5.74) is 0.879. The third kappa shape index (κ3) is 4.96. The van der Waals surface area contributed by atoms with Gasteiger partial charge >= 0.3 is 0 Å². The summed E-state index contributed by atoms with van der Waals surface area (Å²) in [5, 5.41) is 8.84. The highest BCUT2D eigenvalue weighted by Gasteiger charge is 2.34. The highest BCUT2D eigenvalue weighted by Crippen LogP contribution is 2.28. The first kappa shape index (κ1) is 24.2. The van der Waals surface area contributed by atoms with E-state index in [0.29, 0.717) is 16.3 Å². The van der Waals surface area contributed by atoms with Gasteiger partial charge in [-0.25, -0.2) is 17.7 Å². The van der Waals surface area contributed by atoms with Crippen molar-refractivity contribution in [2.24, 2.45) is 7.05 Å². The van der Waals surface area contributed by atoms with Crippen LogP contribution in [0.5, 0.6) is 0 Å². The highest BCUT2D eigenvalue weighted by molar-refractivity contribution is 7.89. The number of carbonyl (C=O) groups excluding carboxylic acids is 2. The molecule has 2 heterocycles. The maximum atomic E-state index is 13.1. The molecule has 13 heteroatoms. The molecule has 0 aliphatic heterocycles. The van der Waals surface area contributed by atoms with Gasteiger partial charge in [0.2, 0.25) is 5.91 Å². The monoisotopic (exact) mass is 515 g/mol. The lowest BCUT2D eigenvalue weighted by molar-refractivity contribution is -0.125. The van der Waals surface area contributed by atoms with E-state index >= 15 is 0 Å². The van der Waals surface area contributed by atoms with Crippen LogP contribution in [-0.2, 0) is 28.3 Å².